The molecule has 1 unspecified atom stereocenters. The lowest BCUT2D eigenvalue weighted by Crippen LogP contribution is -2.20. The van der Waals surface area contributed by atoms with Crippen LogP contribution in [0.2, 0.25) is 0 Å². The van der Waals surface area contributed by atoms with Crippen LogP contribution in [0.4, 0.5) is 4.39 Å². The standard InChI is InChI=1S/C11H11FIN/c1-3-11(14-4-2)9-6-5-8(12)7-10(9)13/h1,5-7,11,14H,4H2,2H3. The Morgan fingerprint density at radius 3 is 2.86 bits per heavy atom. The fourth-order valence-corrected chi connectivity index (χ4v) is 1.99. The summed E-state index contributed by atoms with van der Waals surface area (Å²) in [6.45, 7) is 2.78. The van der Waals surface area contributed by atoms with Gasteiger partial charge in [-0.05, 0) is 46.8 Å². The number of hydrogen-bond acceptors (Lipinski definition) is 1. The highest BCUT2D eigenvalue weighted by molar-refractivity contribution is 14.1. The maximum Gasteiger partial charge on any atom is 0.124 e. The van der Waals surface area contributed by atoms with Gasteiger partial charge in [-0.2, -0.15) is 0 Å². The predicted octanol–water partition coefficient (Wildman–Crippen LogP) is 2.71. The normalized spacial score (nSPS) is 12.1. The maximum atomic E-state index is 12.8. The minimum atomic E-state index is -0.231. The van der Waals surface area contributed by atoms with Crippen molar-refractivity contribution in [3.8, 4) is 12.3 Å². The van der Waals surface area contributed by atoms with Gasteiger partial charge >= 0.3 is 0 Å². The SMILES string of the molecule is C#CC(NCC)c1ccc(F)cc1I. The van der Waals surface area contributed by atoms with E-state index in [-0.39, 0.29) is 11.9 Å². The summed E-state index contributed by atoms with van der Waals surface area (Å²) in [7, 11) is 0. The van der Waals surface area contributed by atoms with Gasteiger partial charge in [0.1, 0.15) is 5.82 Å². The Morgan fingerprint density at radius 2 is 2.36 bits per heavy atom. The second-order valence-electron chi connectivity index (χ2n) is 2.82. The first-order valence-electron chi connectivity index (χ1n) is 4.33. The van der Waals surface area contributed by atoms with Gasteiger partial charge in [0.25, 0.3) is 0 Å². The number of hydrogen-bond donors (Lipinski definition) is 1. The van der Waals surface area contributed by atoms with Gasteiger partial charge < -0.3 is 5.32 Å². The molecule has 74 valence electrons. The highest BCUT2D eigenvalue weighted by Gasteiger charge is 2.10. The van der Waals surface area contributed by atoms with Crippen LogP contribution >= 0.6 is 22.6 Å². The third kappa shape index (κ3) is 2.69. The molecule has 1 aromatic carbocycles. The van der Waals surface area contributed by atoms with Crippen molar-refractivity contribution in [2.24, 2.45) is 0 Å². The van der Waals surface area contributed by atoms with Crippen molar-refractivity contribution in [1.82, 2.24) is 5.32 Å². The summed E-state index contributed by atoms with van der Waals surface area (Å²) in [6.07, 6.45) is 5.39. The molecule has 1 atom stereocenters. The van der Waals surface area contributed by atoms with Gasteiger partial charge in [0.05, 0.1) is 6.04 Å². The predicted molar refractivity (Wildman–Crippen MR) is 64.4 cm³/mol. The van der Waals surface area contributed by atoms with E-state index >= 15 is 0 Å². The third-order valence-electron chi connectivity index (χ3n) is 1.85. The Hall–Kier alpha value is -0.600. The first kappa shape index (κ1) is 11.5. The van der Waals surface area contributed by atoms with Gasteiger partial charge in [-0.3, -0.25) is 0 Å². The molecule has 0 aliphatic heterocycles. The van der Waals surface area contributed by atoms with E-state index in [2.05, 4.69) is 33.8 Å². The van der Waals surface area contributed by atoms with Crippen LogP contribution in [-0.2, 0) is 0 Å². The molecule has 3 heteroatoms. The molecule has 1 nitrogen and oxygen atoms in total. The summed E-state index contributed by atoms with van der Waals surface area (Å²) in [4.78, 5) is 0. The molecular formula is C11H11FIN. The molecule has 0 aliphatic rings. The van der Waals surface area contributed by atoms with E-state index in [0.29, 0.717) is 0 Å². The zero-order valence-electron chi connectivity index (χ0n) is 7.85. The Morgan fingerprint density at radius 1 is 1.64 bits per heavy atom. The zero-order chi connectivity index (χ0) is 10.6. The first-order chi connectivity index (χ1) is 6.69. The molecular weight excluding hydrogens is 292 g/mol. The molecule has 0 aliphatic carbocycles. The minimum Gasteiger partial charge on any atom is -0.300 e. The molecule has 14 heavy (non-hydrogen) atoms. The first-order valence-corrected chi connectivity index (χ1v) is 5.41. The Balaban J connectivity index is 3.00. The van der Waals surface area contributed by atoms with Crippen LogP contribution in [0, 0.1) is 21.7 Å². The minimum absolute atomic E-state index is 0.132. The van der Waals surface area contributed by atoms with Crippen LogP contribution in [0.3, 0.4) is 0 Å². The van der Waals surface area contributed by atoms with Crippen LogP contribution in [0.1, 0.15) is 18.5 Å². The Kier molecular flexibility index (Phi) is 4.36. The second-order valence-corrected chi connectivity index (χ2v) is 3.99. The summed E-state index contributed by atoms with van der Waals surface area (Å²) < 4.78 is 13.7. The Bertz CT molecular complexity index is 357. The molecule has 0 radical (unpaired) electrons. The monoisotopic (exact) mass is 303 g/mol. The van der Waals surface area contributed by atoms with Crippen molar-refractivity contribution in [2.75, 3.05) is 6.54 Å². The van der Waals surface area contributed by atoms with E-state index in [9.17, 15) is 4.39 Å². The number of nitrogens with one attached hydrogen (secondary N) is 1. The lowest BCUT2D eigenvalue weighted by molar-refractivity contribution is 0.620. The lowest BCUT2D eigenvalue weighted by Gasteiger charge is -2.13. The van der Waals surface area contributed by atoms with E-state index in [0.717, 1.165) is 15.7 Å². The quantitative estimate of drug-likeness (QED) is 0.669. The number of halogens is 2. The van der Waals surface area contributed by atoms with Crippen LogP contribution in [0.15, 0.2) is 18.2 Å². The van der Waals surface area contributed by atoms with Crippen LogP contribution in [0.25, 0.3) is 0 Å². The second kappa shape index (κ2) is 5.32. The molecule has 1 rings (SSSR count). The molecule has 1 N–H and O–H groups in total. The molecule has 0 amide bonds. The molecule has 0 saturated heterocycles. The summed E-state index contributed by atoms with van der Waals surface area (Å²) >= 11 is 2.09. The molecule has 0 bridgehead atoms. The summed E-state index contributed by atoms with van der Waals surface area (Å²) in [5, 5.41) is 3.15. The molecule has 0 fully saturated rings. The molecule has 0 aromatic heterocycles. The zero-order valence-corrected chi connectivity index (χ0v) is 10.0. The van der Waals surface area contributed by atoms with Gasteiger partial charge in [-0.25, -0.2) is 4.39 Å². The van der Waals surface area contributed by atoms with Gasteiger partial charge in [0, 0.05) is 3.57 Å². The number of benzene rings is 1. The molecule has 0 spiro atoms. The highest BCUT2D eigenvalue weighted by atomic mass is 127. The van der Waals surface area contributed by atoms with Crippen molar-refractivity contribution < 1.29 is 4.39 Å². The van der Waals surface area contributed by atoms with Crippen LogP contribution < -0.4 is 5.32 Å². The maximum absolute atomic E-state index is 12.8. The number of rotatable bonds is 3. The van der Waals surface area contributed by atoms with E-state index in [1.807, 2.05) is 6.92 Å². The van der Waals surface area contributed by atoms with E-state index in [1.165, 1.54) is 12.1 Å². The van der Waals surface area contributed by atoms with Gasteiger partial charge in [0.2, 0.25) is 0 Å². The van der Waals surface area contributed by atoms with Crippen molar-refractivity contribution >= 4 is 22.6 Å². The van der Waals surface area contributed by atoms with Crippen molar-refractivity contribution in [1.29, 1.82) is 0 Å². The topological polar surface area (TPSA) is 12.0 Å². The highest BCUT2D eigenvalue weighted by Crippen LogP contribution is 2.20. The van der Waals surface area contributed by atoms with Crippen molar-refractivity contribution in [3.63, 3.8) is 0 Å². The third-order valence-corrected chi connectivity index (χ3v) is 2.78. The van der Waals surface area contributed by atoms with Crippen LogP contribution in [-0.4, -0.2) is 6.54 Å². The van der Waals surface area contributed by atoms with Gasteiger partial charge in [-0.1, -0.05) is 18.9 Å². The van der Waals surface area contributed by atoms with E-state index in [4.69, 9.17) is 6.42 Å². The van der Waals surface area contributed by atoms with Crippen molar-refractivity contribution in [2.45, 2.75) is 13.0 Å². The van der Waals surface area contributed by atoms with E-state index in [1.54, 1.807) is 6.07 Å². The largest absolute Gasteiger partial charge is 0.300 e. The van der Waals surface area contributed by atoms with Gasteiger partial charge in [0.15, 0.2) is 0 Å². The fraction of sp³-hybridized carbons (Fsp3) is 0.273. The van der Waals surface area contributed by atoms with Crippen LogP contribution in [0.5, 0.6) is 0 Å². The van der Waals surface area contributed by atoms with E-state index < -0.39 is 0 Å². The molecule has 0 heterocycles. The summed E-state index contributed by atoms with van der Waals surface area (Å²) in [5.41, 5.74) is 0.955. The number of terminal acetylenes is 1. The average molecular weight is 303 g/mol. The molecule has 1 aromatic rings. The molecule has 0 saturated carbocycles. The van der Waals surface area contributed by atoms with Crippen molar-refractivity contribution in [3.05, 3.63) is 33.1 Å². The summed E-state index contributed by atoms with van der Waals surface area (Å²) in [6, 6.07) is 4.51. The smallest absolute Gasteiger partial charge is 0.124 e. The van der Waals surface area contributed by atoms with Gasteiger partial charge in [-0.15, -0.1) is 6.42 Å². The fourth-order valence-electron chi connectivity index (χ4n) is 1.20. The lowest BCUT2D eigenvalue weighted by atomic mass is 10.1. The summed E-state index contributed by atoms with van der Waals surface area (Å²) in [5.74, 6) is 2.41. The Labute approximate surface area is 97.2 Å². The average Bonchev–Trinajstić information content (AvgIpc) is 2.15.